The molecule has 2 nitrogen and oxygen atoms in total. The highest BCUT2D eigenvalue weighted by atomic mass is 32.2. The van der Waals surface area contributed by atoms with Gasteiger partial charge in [0.15, 0.2) is 0 Å². The highest BCUT2D eigenvalue weighted by Crippen LogP contribution is 2.42. The molecule has 1 aliphatic carbocycles. The molecular weight excluding hydrogens is 230 g/mol. The van der Waals surface area contributed by atoms with Gasteiger partial charge in [0, 0.05) is 17.8 Å². The molecule has 0 atom stereocenters. The highest BCUT2D eigenvalue weighted by Gasteiger charge is 2.35. The number of methoxy groups -OCH3 is 1. The van der Waals surface area contributed by atoms with Crippen molar-refractivity contribution in [3.05, 3.63) is 29.8 Å². The molecule has 0 heterocycles. The van der Waals surface area contributed by atoms with Crippen LogP contribution < -0.4 is 10.1 Å². The summed E-state index contributed by atoms with van der Waals surface area (Å²) >= 11 is 2.02. The maximum atomic E-state index is 5.15. The zero-order chi connectivity index (χ0) is 12.1. The van der Waals surface area contributed by atoms with Gasteiger partial charge < -0.3 is 10.1 Å². The van der Waals surface area contributed by atoms with Crippen molar-refractivity contribution in [2.75, 3.05) is 19.9 Å². The molecule has 3 heteroatoms. The molecule has 0 radical (unpaired) electrons. The second-order valence-electron chi connectivity index (χ2n) is 4.69. The molecule has 1 N–H and O–H groups in total. The van der Waals surface area contributed by atoms with E-state index in [1.165, 1.54) is 24.8 Å². The molecule has 1 aliphatic rings. The van der Waals surface area contributed by atoms with E-state index in [1.807, 2.05) is 23.9 Å². The van der Waals surface area contributed by atoms with Crippen molar-refractivity contribution >= 4 is 11.8 Å². The topological polar surface area (TPSA) is 21.3 Å². The lowest BCUT2D eigenvalue weighted by Crippen LogP contribution is -2.43. The first-order valence-corrected chi connectivity index (χ1v) is 7.39. The molecular formula is C14H21NOS. The number of nitrogens with one attached hydrogen (secondary N) is 1. The standard InChI is InChI=1S/C14H21NOS/c1-16-13-6-4-12(5-7-13)10-15-11-14(17-2)8-3-9-14/h4-7,15H,3,8-11H2,1-2H3. The normalized spacial score (nSPS) is 17.5. The lowest BCUT2D eigenvalue weighted by Gasteiger charge is -2.40. The summed E-state index contributed by atoms with van der Waals surface area (Å²) < 4.78 is 5.67. The fraction of sp³-hybridized carbons (Fsp3) is 0.571. The van der Waals surface area contributed by atoms with Crippen molar-refractivity contribution in [1.82, 2.24) is 5.32 Å². The zero-order valence-electron chi connectivity index (χ0n) is 10.7. The van der Waals surface area contributed by atoms with Crippen LogP contribution in [0.1, 0.15) is 24.8 Å². The Balaban J connectivity index is 1.77. The van der Waals surface area contributed by atoms with E-state index in [-0.39, 0.29) is 0 Å². The first-order valence-electron chi connectivity index (χ1n) is 6.17. The van der Waals surface area contributed by atoms with Gasteiger partial charge in [-0.05, 0) is 36.8 Å². The third kappa shape index (κ3) is 3.17. The zero-order valence-corrected chi connectivity index (χ0v) is 11.5. The Morgan fingerprint density at radius 1 is 1.29 bits per heavy atom. The Hall–Kier alpha value is -0.670. The van der Waals surface area contributed by atoms with Crippen LogP contribution in [-0.4, -0.2) is 24.7 Å². The molecule has 1 fully saturated rings. The van der Waals surface area contributed by atoms with Gasteiger partial charge in [-0.1, -0.05) is 18.6 Å². The fourth-order valence-corrected chi connectivity index (χ4v) is 3.15. The average molecular weight is 251 g/mol. The summed E-state index contributed by atoms with van der Waals surface area (Å²) in [6, 6.07) is 8.28. The van der Waals surface area contributed by atoms with Gasteiger partial charge in [-0.3, -0.25) is 0 Å². The van der Waals surface area contributed by atoms with E-state index in [9.17, 15) is 0 Å². The third-order valence-electron chi connectivity index (χ3n) is 3.63. The van der Waals surface area contributed by atoms with E-state index in [0.717, 1.165) is 18.8 Å². The molecule has 1 aromatic rings. The Morgan fingerprint density at radius 3 is 2.47 bits per heavy atom. The molecule has 0 aromatic heterocycles. The second kappa shape index (κ2) is 5.78. The van der Waals surface area contributed by atoms with Gasteiger partial charge in [-0.2, -0.15) is 11.8 Å². The molecule has 17 heavy (non-hydrogen) atoms. The first kappa shape index (κ1) is 12.8. The number of ether oxygens (including phenoxy) is 1. The molecule has 0 unspecified atom stereocenters. The summed E-state index contributed by atoms with van der Waals surface area (Å²) in [5.41, 5.74) is 1.32. The molecule has 1 saturated carbocycles. The predicted octanol–water partition coefficient (Wildman–Crippen LogP) is 3.07. The van der Waals surface area contributed by atoms with Crippen LogP contribution in [0.5, 0.6) is 5.75 Å². The summed E-state index contributed by atoms with van der Waals surface area (Å²) in [6.45, 7) is 2.08. The van der Waals surface area contributed by atoms with Crippen molar-refractivity contribution in [3.8, 4) is 5.75 Å². The van der Waals surface area contributed by atoms with Gasteiger partial charge in [0.2, 0.25) is 0 Å². The smallest absolute Gasteiger partial charge is 0.118 e. The maximum absolute atomic E-state index is 5.15. The Kier molecular flexibility index (Phi) is 4.35. The van der Waals surface area contributed by atoms with Crippen LogP contribution in [0.25, 0.3) is 0 Å². The highest BCUT2D eigenvalue weighted by molar-refractivity contribution is 8.00. The fourth-order valence-electron chi connectivity index (χ4n) is 2.20. The monoisotopic (exact) mass is 251 g/mol. The molecule has 0 saturated heterocycles. The van der Waals surface area contributed by atoms with Crippen molar-refractivity contribution in [1.29, 1.82) is 0 Å². The van der Waals surface area contributed by atoms with Crippen molar-refractivity contribution in [2.45, 2.75) is 30.6 Å². The van der Waals surface area contributed by atoms with E-state index >= 15 is 0 Å². The molecule has 94 valence electrons. The minimum absolute atomic E-state index is 0.520. The van der Waals surface area contributed by atoms with Crippen LogP contribution in [0.15, 0.2) is 24.3 Å². The average Bonchev–Trinajstić information content (AvgIpc) is 2.33. The Bertz CT molecular complexity index is 340. The molecule has 0 amide bonds. The van der Waals surface area contributed by atoms with Gasteiger partial charge in [-0.25, -0.2) is 0 Å². The number of rotatable bonds is 6. The molecule has 1 aromatic carbocycles. The Labute approximate surface area is 108 Å². The van der Waals surface area contributed by atoms with Crippen LogP contribution in [-0.2, 0) is 6.54 Å². The summed E-state index contributed by atoms with van der Waals surface area (Å²) in [5, 5.41) is 3.57. The SMILES string of the molecule is COc1ccc(CNCC2(SC)CCC2)cc1. The van der Waals surface area contributed by atoms with E-state index in [0.29, 0.717) is 4.75 Å². The number of hydrogen-bond donors (Lipinski definition) is 1. The summed E-state index contributed by atoms with van der Waals surface area (Å²) in [4.78, 5) is 0. The number of benzene rings is 1. The van der Waals surface area contributed by atoms with E-state index in [4.69, 9.17) is 4.74 Å². The van der Waals surface area contributed by atoms with E-state index < -0.39 is 0 Å². The quantitative estimate of drug-likeness (QED) is 0.839. The second-order valence-corrected chi connectivity index (χ2v) is 5.97. The summed E-state index contributed by atoms with van der Waals surface area (Å²) in [5.74, 6) is 0.924. The lowest BCUT2D eigenvalue weighted by atomic mass is 9.84. The van der Waals surface area contributed by atoms with Crippen LogP contribution >= 0.6 is 11.8 Å². The van der Waals surface area contributed by atoms with Gasteiger partial charge in [0.1, 0.15) is 5.75 Å². The van der Waals surface area contributed by atoms with Gasteiger partial charge in [0.25, 0.3) is 0 Å². The largest absolute Gasteiger partial charge is 0.497 e. The maximum Gasteiger partial charge on any atom is 0.118 e. The third-order valence-corrected chi connectivity index (χ3v) is 5.05. The van der Waals surface area contributed by atoms with Crippen molar-refractivity contribution in [3.63, 3.8) is 0 Å². The number of thioether (sulfide) groups is 1. The predicted molar refractivity (Wildman–Crippen MR) is 74.8 cm³/mol. The van der Waals surface area contributed by atoms with Gasteiger partial charge >= 0.3 is 0 Å². The van der Waals surface area contributed by atoms with Gasteiger partial charge in [0.05, 0.1) is 7.11 Å². The minimum Gasteiger partial charge on any atom is -0.497 e. The summed E-state index contributed by atoms with van der Waals surface area (Å²) in [7, 11) is 1.70. The first-order chi connectivity index (χ1) is 8.28. The molecule has 0 aliphatic heterocycles. The summed E-state index contributed by atoms with van der Waals surface area (Å²) in [6.07, 6.45) is 6.35. The van der Waals surface area contributed by atoms with Gasteiger partial charge in [-0.15, -0.1) is 0 Å². The van der Waals surface area contributed by atoms with Crippen molar-refractivity contribution in [2.24, 2.45) is 0 Å². The van der Waals surface area contributed by atoms with Crippen LogP contribution in [0.2, 0.25) is 0 Å². The number of hydrogen-bond acceptors (Lipinski definition) is 3. The lowest BCUT2D eigenvalue weighted by molar-refractivity contribution is 0.345. The van der Waals surface area contributed by atoms with E-state index in [2.05, 4.69) is 23.7 Å². The van der Waals surface area contributed by atoms with E-state index in [1.54, 1.807) is 7.11 Å². The van der Waals surface area contributed by atoms with Crippen LogP contribution in [0.3, 0.4) is 0 Å². The minimum atomic E-state index is 0.520. The molecule has 0 spiro atoms. The van der Waals surface area contributed by atoms with Crippen molar-refractivity contribution < 1.29 is 4.74 Å². The molecule has 2 rings (SSSR count). The van der Waals surface area contributed by atoms with Crippen LogP contribution in [0.4, 0.5) is 0 Å². The van der Waals surface area contributed by atoms with Crippen LogP contribution in [0, 0.1) is 0 Å². The molecule has 0 bridgehead atoms. The Morgan fingerprint density at radius 2 is 2.00 bits per heavy atom.